The molecule has 0 atom stereocenters. The second kappa shape index (κ2) is 7.25. The predicted octanol–water partition coefficient (Wildman–Crippen LogP) is -5.67. The van der Waals surface area contributed by atoms with Gasteiger partial charge in [0.15, 0.2) is 0 Å². The molecule has 0 saturated heterocycles. The van der Waals surface area contributed by atoms with Crippen LogP contribution in [-0.4, -0.2) is 26.5 Å². The summed E-state index contributed by atoms with van der Waals surface area (Å²) in [6, 6.07) is 0. The van der Waals surface area contributed by atoms with Crippen molar-refractivity contribution in [1.82, 2.24) is 15.4 Å². The van der Waals surface area contributed by atoms with Gasteiger partial charge < -0.3 is 7.96 Å². The molecule has 0 aliphatic heterocycles. The molecule has 0 saturated carbocycles. The van der Waals surface area contributed by atoms with Crippen molar-refractivity contribution in [2.24, 2.45) is 0 Å². The molecule has 1 heterocycles. The van der Waals surface area contributed by atoms with E-state index in [1.54, 1.807) is 0 Å². The summed E-state index contributed by atoms with van der Waals surface area (Å²) in [5.41, 5.74) is 0.363. The molecule has 0 spiro atoms. The standard InChI is InChI=1S/C4H5N3O2S.2Na.2H/c8-3(9)1-2-4(10)6-7-5-2;;;;/h1H2,(H,8,9)(H2,5,6,7,10);;;;/q;2*+1;2*-1. The second-order valence-electron chi connectivity index (χ2n) is 1.69. The van der Waals surface area contributed by atoms with Crippen LogP contribution in [0.15, 0.2) is 0 Å². The van der Waals surface area contributed by atoms with Crippen LogP contribution in [0.5, 0.6) is 0 Å². The number of aliphatic carboxylic acids is 1. The van der Waals surface area contributed by atoms with E-state index in [9.17, 15) is 4.79 Å². The van der Waals surface area contributed by atoms with Gasteiger partial charge in [0.2, 0.25) is 0 Å². The van der Waals surface area contributed by atoms with Gasteiger partial charge in [-0.15, -0.1) is 0 Å². The van der Waals surface area contributed by atoms with Gasteiger partial charge >= 0.3 is 65.1 Å². The van der Waals surface area contributed by atoms with Gasteiger partial charge in [-0.1, -0.05) is 12.2 Å². The average molecular weight is 207 g/mol. The Balaban J connectivity index is -0.000000125. The summed E-state index contributed by atoms with van der Waals surface area (Å²) in [5, 5.41) is 16.7. The van der Waals surface area contributed by atoms with Crippen LogP contribution in [0.25, 0.3) is 0 Å². The third-order valence-electron chi connectivity index (χ3n) is 0.941. The summed E-state index contributed by atoms with van der Waals surface area (Å²) in [6.45, 7) is 0. The molecule has 0 radical (unpaired) electrons. The first-order chi connectivity index (χ1) is 4.70. The molecule has 0 fully saturated rings. The van der Waals surface area contributed by atoms with Crippen LogP contribution in [0, 0.1) is 4.64 Å². The molecule has 1 aromatic heterocycles. The van der Waals surface area contributed by atoms with Crippen LogP contribution >= 0.6 is 12.2 Å². The topological polar surface area (TPSA) is 81.8 Å². The SMILES string of the molecule is O=C(O)Cc1n[nH][nH]c1=S.[H-].[H-].[Na+].[Na+]. The molecule has 0 unspecified atom stereocenters. The first-order valence-corrected chi connectivity index (χ1v) is 2.94. The fourth-order valence-corrected chi connectivity index (χ4v) is 0.696. The van der Waals surface area contributed by atoms with E-state index >= 15 is 0 Å². The Morgan fingerprint density at radius 3 is 2.58 bits per heavy atom. The van der Waals surface area contributed by atoms with Crippen LogP contribution in [0.4, 0.5) is 0 Å². The van der Waals surface area contributed by atoms with Gasteiger partial charge in [0, 0.05) is 0 Å². The molecule has 58 valence electrons. The number of carboxylic acids is 1. The third kappa shape index (κ3) is 4.76. The zero-order chi connectivity index (χ0) is 7.56. The van der Waals surface area contributed by atoms with Crippen molar-refractivity contribution in [3.63, 3.8) is 0 Å². The zero-order valence-electron chi connectivity index (χ0n) is 8.92. The van der Waals surface area contributed by atoms with Crippen molar-refractivity contribution < 1.29 is 71.9 Å². The van der Waals surface area contributed by atoms with Crippen molar-refractivity contribution >= 4 is 18.2 Å². The van der Waals surface area contributed by atoms with Crippen molar-refractivity contribution in [3.05, 3.63) is 10.3 Å². The number of carboxylic acid groups (broad SMARTS) is 1. The molecule has 1 aromatic rings. The summed E-state index contributed by atoms with van der Waals surface area (Å²) in [4.78, 5) is 10.1. The molecule has 1 rings (SSSR count). The van der Waals surface area contributed by atoms with E-state index in [1.165, 1.54) is 0 Å². The summed E-state index contributed by atoms with van der Waals surface area (Å²) < 4.78 is 0.349. The minimum Gasteiger partial charge on any atom is -1.00 e. The van der Waals surface area contributed by atoms with Crippen LogP contribution in [0.1, 0.15) is 8.55 Å². The van der Waals surface area contributed by atoms with E-state index in [0.29, 0.717) is 10.3 Å². The number of hydrogen-bond donors (Lipinski definition) is 3. The predicted molar refractivity (Wildman–Crippen MR) is 37.3 cm³/mol. The number of rotatable bonds is 2. The monoisotopic (exact) mass is 207 g/mol. The summed E-state index contributed by atoms with van der Waals surface area (Å²) in [7, 11) is 0. The number of hydrogen-bond acceptors (Lipinski definition) is 3. The number of nitrogens with zero attached hydrogens (tertiary/aromatic N) is 1. The van der Waals surface area contributed by atoms with Crippen LogP contribution in [0.2, 0.25) is 0 Å². The number of nitrogens with one attached hydrogen (secondary N) is 2. The number of carbonyl (C=O) groups is 1. The summed E-state index contributed by atoms with van der Waals surface area (Å²) in [6.07, 6.45) is -0.140. The Kier molecular flexibility index (Phi) is 9.25. The van der Waals surface area contributed by atoms with E-state index in [-0.39, 0.29) is 68.4 Å². The van der Waals surface area contributed by atoms with Gasteiger partial charge in [-0.25, -0.2) is 5.21 Å². The van der Waals surface area contributed by atoms with Crippen molar-refractivity contribution in [1.29, 1.82) is 0 Å². The van der Waals surface area contributed by atoms with Gasteiger partial charge in [-0.05, 0) is 0 Å². The van der Waals surface area contributed by atoms with E-state index < -0.39 is 5.97 Å². The molecule has 12 heavy (non-hydrogen) atoms. The van der Waals surface area contributed by atoms with Gasteiger partial charge in [0.1, 0.15) is 10.3 Å². The maximum Gasteiger partial charge on any atom is 1.00 e. The fraction of sp³-hybridized carbons (Fsp3) is 0.250. The van der Waals surface area contributed by atoms with E-state index in [0.717, 1.165) is 0 Å². The smallest absolute Gasteiger partial charge is 1.00 e. The Hall–Kier alpha value is 0.830. The Morgan fingerprint density at radius 1 is 1.67 bits per heavy atom. The molecule has 5 nitrogen and oxygen atoms in total. The van der Waals surface area contributed by atoms with E-state index in [4.69, 9.17) is 17.3 Å². The van der Waals surface area contributed by atoms with Crippen molar-refractivity contribution in [2.75, 3.05) is 0 Å². The van der Waals surface area contributed by atoms with Crippen LogP contribution in [-0.2, 0) is 11.2 Å². The minimum atomic E-state index is -0.938. The van der Waals surface area contributed by atoms with E-state index in [1.807, 2.05) is 0 Å². The first kappa shape index (κ1) is 15.3. The first-order valence-electron chi connectivity index (χ1n) is 2.54. The minimum absolute atomic E-state index is 0. The normalized spacial score (nSPS) is 8.00. The molecule has 0 amide bonds. The maximum atomic E-state index is 10.1. The molecule has 8 heteroatoms. The second-order valence-corrected chi connectivity index (χ2v) is 2.10. The van der Waals surface area contributed by atoms with Crippen LogP contribution < -0.4 is 59.1 Å². The van der Waals surface area contributed by atoms with Gasteiger partial charge in [-0.3, -0.25) is 9.89 Å². The van der Waals surface area contributed by atoms with E-state index in [2.05, 4.69) is 15.4 Å². The molecule has 0 aliphatic carbocycles. The van der Waals surface area contributed by atoms with Crippen LogP contribution in [0.3, 0.4) is 0 Å². The largest absolute Gasteiger partial charge is 1.00 e. The zero-order valence-corrected chi connectivity index (χ0v) is 11.7. The number of aromatic amines is 2. The third-order valence-corrected chi connectivity index (χ3v) is 1.28. The molecular weight excluding hydrogens is 200 g/mol. The number of aromatic nitrogens is 3. The maximum absolute atomic E-state index is 10.1. The molecule has 0 aliphatic rings. The molecular formula is C4H7N3Na2O2S. The molecule has 0 bridgehead atoms. The molecule has 0 aromatic carbocycles. The molecule has 3 N–H and O–H groups in total. The summed E-state index contributed by atoms with van der Waals surface area (Å²) >= 11 is 4.69. The Bertz CT molecular complexity index is 305. The van der Waals surface area contributed by atoms with Gasteiger partial charge in [-0.2, -0.15) is 5.10 Å². The Labute approximate surface area is 121 Å². The fourth-order valence-electron chi connectivity index (χ4n) is 0.532. The van der Waals surface area contributed by atoms with Crippen molar-refractivity contribution in [3.8, 4) is 0 Å². The van der Waals surface area contributed by atoms with Gasteiger partial charge in [0.25, 0.3) is 0 Å². The van der Waals surface area contributed by atoms with Gasteiger partial charge in [0.05, 0.1) is 6.42 Å². The summed E-state index contributed by atoms with van der Waals surface area (Å²) in [5.74, 6) is -0.938. The number of H-pyrrole nitrogens is 2. The van der Waals surface area contributed by atoms with Crippen molar-refractivity contribution in [2.45, 2.75) is 6.42 Å². The average Bonchev–Trinajstić information content (AvgIpc) is 2.15. The Morgan fingerprint density at radius 2 is 2.25 bits per heavy atom. The quantitative estimate of drug-likeness (QED) is 0.333.